The Morgan fingerprint density at radius 1 is 1.37 bits per heavy atom. The summed E-state index contributed by atoms with van der Waals surface area (Å²) in [5.74, 6) is 1.19. The second kappa shape index (κ2) is 8.55. The van der Waals surface area contributed by atoms with Gasteiger partial charge in [0.15, 0.2) is 0 Å². The molecule has 0 bridgehead atoms. The van der Waals surface area contributed by atoms with E-state index in [4.69, 9.17) is 9.78 Å². The number of aryl methyl sites for hydroxylation is 1. The van der Waals surface area contributed by atoms with Crippen LogP contribution >= 0.6 is 11.8 Å². The number of rotatable bonds is 5. The number of fused-ring (bicyclic) bond motifs is 1. The van der Waals surface area contributed by atoms with Gasteiger partial charge in [-0.3, -0.25) is 14.6 Å². The van der Waals surface area contributed by atoms with Crippen LogP contribution in [0.2, 0.25) is 0 Å². The fourth-order valence-corrected chi connectivity index (χ4v) is 4.46. The minimum absolute atomic E-state index is 0.153. The number of carbonyl (C=O) groups is 2. The van der Waals surface area contributed by atoms with Crippen LogP contribution in [-0.2, 0) is 11.2 Å². The van der Waals surface area contributed by atoms with Gasteiger partial charge < -0.3 is 14.7 Å². The molecule has 1 aliphatic rings. The standard InChI is InChI=1S/C21H19N5O3S/c1-13-6-15(25-29-13)7-14-2-3-19-18(8-14)17(4-5-23-19)21(28)24-10-20(27)26-12-30-11-16(26)9-22/h2-6,8,16H,7,10-12H2,1H3,(H,24,28)/t16-/m1/s1. The van der Waals surface area contributed by atoms with Crippen molar-refractivity contribution in [1.82, 2.24) is 20.4 Å². The highest BCUT2D eigenvalue weighted by Crippen LogP contribution is 2.22. The molecule has 1 N–H and O–H groups in total. The predicted octanol–water partition coefficient (Wildman–Crippen LogP) is 2.28. The largest absolute Gasteiger partial charge is 0.361 e. The van der Waals surface area contributed by atoms with Gasteiger partial charge in [0, 0.05) is 29.8 Å². The zero-order valence-electron chi connectivity index (χ0n) is 16.3. The van der Waals surface area contributed by atoms with Gasteiger partial charge in [0.2, 0.25) is 5.91 Å². The summed E-state index contributed by atoms with van der Waals surface area (Å²) in [6.45, 7) is 1.68. The molecule has 4 rings (SSSR count). The molecule has 1 fully saturated rings. The van der Waals surface area contributed by atoms with Gasteiger partial charge in [-0.1, -0.05) is 11.2 Å². The van der Waals surface area contributed by atoms with Crippen LogP contribution < -0.4 is 5.32 Å². The average Bonchev–Trinajstić information content (AvgIpc) is 3.40. The molecule has 1 aromatic carbocycles. The summed E-state index contributed by atoms with van der Waals surface area (Å²) in [7, 11) is 0. The number of nitrogens with one attached hydrogen (secondary N) is 1. The van der Waals surface area contributed by atoms with E-state index in [0.717, 1.165) is 17.0 Å². The fraction of sp³-hybridized carbons (Fsp3) is 0.286. The molecule has 2 aromatic heterocycles. The molecule has 2 amide bonds. The van der Waals surface area contributed by atoms with Crippen LogP contribution in [0.5, 0.6) is 0 Å². The number of nitrogens with zero attached hydrogens (tertiary/aromatic N) is 4. The first-order chi connectivity index (χ1) is 14.5. The van der Waals surface area contributed by atoms with Crippen LogP contribution in [0.25, 0.3) is 10.9 Å². The van der Waals surface area contributed by atoms with E-state index in [9.17, 15) is 9.59 Å². The molecule has 1 aliphatic heterocycles. The van der Waals surface area contributed by atoms with Crippen LogP contribution in [0.4, 0.5) is 0 Å². The maximum Gasteiger partial charge on any atom is 0.252 e. The first-order valence-corrected chi connectivity index (χ1v) is 10.6. The van der Waals surface area contributed by atoms with Crippen molar-refractivity contribution in [3.8, 4) is 6.07 Å². The van der Waals surface area contributed by atoms with E-state index >= 15 is 0 Å². The lowest BCUT2D eigenvalue weighted by Crippen LogP contribution is -2.42. The number of hydrogen-bond acceptors (Lipinski definition) is 7. The van der Waals surface area contributed by atoms with Crippen molar-refractivity contribution in [3.63, 3.8) is 0 Å². The lowest BCUT2D eigenvalue weighted by atomic mass is 10.0. The summed E-state index contributed by atoms with van der Waals surface area (Å²) in [6.07, 6.45) is 2.15. The van der Waals surface area contributed by atoms with Gasteiger partial charge in [-0.2, -0.15) is 5.26 Å². The zero-order chi connectivity index (χ0) is 21.1. The van der Waals surface area contributed by atoms with E-state index in [1.807, 2.05) is 31.2 Å². The second-order valence-electron chi connectivity index (χ2n) is 7.01. The molecule has 9 heteroatoms. The van der Waals surface area contributed by atoms with Crippen molar-refractivity contribution < 1.29 is 14.1 Å². The average molecular weight is 421 g/mol. The Balaban J connectivity index is 1.51. The quantitative estimate of drug-likeness (QED) is 0.672. The van der Waals surface area contributed by atoms with Crippen LogP contribution in [0.1, 0.15) is 27.4 Å². The molecular formula is C21H19N5O3S. The summed E-state index contributed by atoms with van der Waals surface area (Å²) in [5.41, 5.74) is 2.91. The monoisotopic (exact) mass is 421 g/mol. The van der Waals surface area contributed by atoms with Crippen molar-refractivity contribution in [2.45, 2.75) is 19.4 Å². The zero-order valence-corrected chi connectivity index (χ0v) is 17.1. The van der Waals surface area contributed by atoms with E-state index in [2.05, 4.69) is 21.5 Å². The molecular weight excluding hydrogens is 402 g/mol. The smallest absolute Gasteiger partial charge is 0.252 e. The fourth-order valence-electron chi connectivity index (χ4n) is 3.36. The van der Waals surface area contributed by atoms with Crippen LogP contribution in [0.15, 0.2) is 41.1 Å². The van der Waals surface area contributed by atoms with Crippen molar-refractivity contribution in [2.24, 2.45) is 0 Å². The number of aromatic nitrogens is 2. The third-order valence-corrected chi connectivity index (χ3v) is 5.88. The Morgan fingerprint density at radius 3 is 3.00 bits per heavy atom. The molecule has 30 heavy (non-hydrogen) atoms. The Bertz CT molecular complexity index is 1150. The van der Waals surface area contributed by atoms with Crippen LogP contribution in [0, 0.1) is 18.3 Å². The summed E-state index contributed by atoms with van der Waals surface area (Å²) in [4.78, 5) is 31.0. The minimum atomic E-state index is -0.441. The SMILES string of the molecule is Cc1cc(Cc2ccc3nccc(C(=O)NCC(=O)N4CSC[C@H]4C#N)c3c2)no1. The summed E-state index contributed by atoms with van der Waals surface area (Å²) < 4.78 is 5.11. The van der Waals surface area contributed by atoms with Crippen molar-refractivity contribution in [3.05, 3.63) is 59.1 Å². The van der Waals surface area contributed by atoms with Gasteiger partial charge in [0.1, 0.15) is 11.8 Å². The Kier molecular flexibility index (Phi) is 5.68. The summed E-state index contributed by atoms with van der Waals surface area (Å²) >= 11 is 1.53. The van der Waals surface area contributed by atoms with Crippen molar-refractivity contribution in [2.75, 3.05) is 18.2 Å². The molecule has 0 radical (unpaired) electrons. The van der Waals surface area contributed by atoms with Gasteiger partial charge in [-0.15, -0.1) is 11.8 Å². The van der Waals surface area contributed by atoms with Crippen molar-refractivity contribution >= 4 is 34.5 Å². The van der Waals surface area contributed by atoms with Gasteiger partial charge in [0.25, 0.3) is 5.91 Å². The number of hydrogen-bond donors (Lipinski definition) is 1. The molecule has 3 heterocycles. The third-order valence-electron chi connectivity index (χ3n) is 4.86. The van der Waals surface area contributed by atoms with E-state index in [-0.39, 0.29) is 18.4 Å². The third kappa shape index (κ3) is 4.14. The Morgan fingerprint density at radius 2 is 2.23 bits per heavy atom. The molecule has 3 aromatic rings. The number of amides is 2. The van der Waals surface area contributed by atoms with Crippen LogP contribution in [0.3, 0.4) is 0 Å². The molecule has 0 saturated carbocycles. The lowest BCUT2D eigenvalue weighted by molar-refractivity contribution is -0.129. The highest BCUT2D eigenvalue weighted by Gasteiger charge is 2.29. The number of benzene rings is 1. The molecule has 0 unspecified atom stereocenters. The Labute approximate surface area is 177 Å². The van der Waals surface area contributed by atoms with Crippen molar-refractivity contribution in [1.29, 1.82) is 5.26 Å². The van der Waals surface area contributed by atoms with E-state index in [1.165, 1.54) is 16.7 Å². The number of nitriles is 1. The first kappa shape index (κ1) is 19.9. The van der Waals surface area contributed by atoms with E-state index in [0.29, 0.717) is 34.5 Å². The molecule has 1 atom stereocenters. The lowest BCUT2D eigenvalue weighted by Gasteiger charge is -2.18. The van der Waals surface area contributed by atoms with E-state index < -0.39 is 6.04 Å². The summed E-state index contributed by atoms with van der Waals surface area (Å²) in [5, 5.41) is 16.5. The molecule has 152 valence electrons. The van der Waals surface area contributed by atoms with Gasteiger partial charge in [-0.05, 0) is 30.7 Å². The molecule has 8 nitrogen and oxygen atoms in total. The Hall–Kier alpha value is -3.38. The number of carbonyl (C=O) groups excluding carboxylic acids is 2. The molecule has 1 saturated heterocycles. The van der Waals surface area contributed by atoms with Gasteiger partial charge in [-0.25, -0.2) is 0 Å². The highest BCUT2D eigenvalue weighted by atomic mass is 32.2. The highest BCUT2D eigenvalue weighted by molar-refractivity contribution is 7.99. The van der Waals surface area contributed by atoms with Gasteiger partial charge in [0.05, 0.1) is 35.3 Å². The topological polar surface area (TPSA) is 112 Å². The molecule has 0 spiro atoms. The maximum atomic E-state index is 12.8. The normalized spacial score (nSPS) is 15.9. The number of thioether (sulfide) groups is 1. The first-order valence-electron chi connectivity index (χ1n) is 9.40. The number of pyridine rings is 1. The predicted molar refractivity (Wildman–Crippen MR) is 112 cm³/mol. The van der Waals surface area contributed by atoms with Crippen LogP contribution in [-0.4, -0.2) is 51.1 Å². The molecule has 0 aliphatic carbocycles. The second-order valence-corrected chi connectivity index (χ2v) is 8.01. The van der Waals surface area contributed by atoms with Gasteiger partial charge >= 0.3 is 0 Å². The maximum absolute atomic E-state index is 12.8. The minimum Gasteiger partial charge on any atom is -0.361 e. The van der Waals surface area contributed by atoms with E-state index in [1.54, 1.807) is 12.3 Å². The summed E-state index contributed by atoms with van der Waals surface area (Å²) in [6, 6.07) is 10.9.